The summed E-state index contributed by atoms with van der Waals surface area (Å²) in [4.78, 5) is 43.7. The Labute approximate surface area is 162 Å². The van der Waals surface area contributed by atoms with Gasteiger partial charge >= 0.3 is 0 Å². The lowest BCUT2D eigenvalue weighted by molar-refractivity contribution is -0.121. The molecule has 8 heteroatoms. The first-order valence-electron chi connectivity index (χ1n) is 9.42. The topological polar surface area (TPSA) is 93.5 Å². The number of rotatable bonds is 5. The molecule has 1 aliphatic heterocycles. The fourth-order valence-electron chi connectivity index (χ4n) is 3.44. The predicted octanol–water partition coefficient (Wildman–Crippen LogP) is 1.91. The fraction of sp³-hybridized carbons (Fsp3) is 0.400. The molecule has 1 fully saturated rings. The quantitative estimate of drug-likeness (QED) is 0.798. The molecule has 0 unspecified atom stereocenters. The number of imidazole rings is 1. The van der Waals surface area contributed by atoms with Crippen molar-refractivity contribution in [3.63, 3.8) is 0 Å². The van der Waals surface area contributed by atoms with Gasteiger partial charge in [0.15, 0.2) is 5.69 Å². The SMILES string of the molecule is CCCN1Cc2c(C(=O)NC(=O)C3CC3)ncn2-c2ccc(OC)cc2C1=O. The normalized spacial score (nSPS) is 15.5. The molecule has 3 amide bonds. The van der Waals surface area contributed by atoms with Crippen molar-refractivity contribution in [2.24, 2.45) is 5.92 Å². The molecule has 1 N–H and O–H groups in total. The maximum atomic E-state index is 13.1. The first-order valence-corrected chi connectivity index (χ1v) is 9.42. The zero-order chi connectivity index (χ0) is 19.8. The summed E-state index contributed by atoms with van der Waals surface area (Å²) in [5.74, 6) is -0.394. The monoisotopic (exact) mass is 382 g/mol. The van der Waals surface area contributed by atoms with E-state index in [0.717, 1.165) is 19.3 Å². The maximum Gasteiger partial charge on any atom is 0.278 e. The zero-order valence-corrected chi connectivity index (χ0v) is 15.9. The Balaban J connectivity index is 1.77. The number of imide groups is 1. The van der Waals surface area contributed by atoms with E-state index in [1.54, 1.807) is 34.8 Å². The van der Waals surface area contributed by atoms with E-state index in [-0.39, 0.29) is 30.0 Å². The Bertz CT molecular complexity index is 961. The number of carbonyl (C=O) groups is 3. The van der Waals surface area contributed by atoms with Crippen molar-refractivity contribution in [3.05, 3.63) is 41.5 Å². The Kier molecular flexibility index (Phi) is 4.62. The summed E-state index contributed by atoms with van der Waals surface area (Å²) in [6.07, 6.45) is 3.93. The smallest absolute Gasteiger partial charge is 0.278 e. The van der Waals surface area contributed by atoms with Crippen LogP contribution >= 0.6 is 0 Å². The van der Waals surface area contributed by atoms with Crippen LogP contribution in [0.3, 0.4) is 0 Å². The number of carbonyl (C=O) groups excluding carboxylic acids is 3. The molecule has 1 aliphatic carbocycles. The molecule has 1 saturated carbocycles. The van der Waals surface area contributed by atoms with Gasteiger partial charge in [0, 0.05) is 12.5 Å². The van der Waals surface area contributed by atoms with Crippen LogP contribution in [0.5, 0.6) is 5.75 Å². The minimum atomic E-state index is -0.522. The third-order valence-electron chi connectivity index (χ3n) is 5.08. The first-order chi connectivity index (χ1) is 13.5. The van der Waals surface area contributed by atoms with Crippen LogP contribution in [-0.2, 0) is 11.3 Å². The van der Waals surface area contributed by atoms with E-state index in [2.05, 4.69) is 10.3 Å². The summed E-state index contributed by atoms with van der Waals surface area (Å²) in [6, 6.07) is 5.25. The van der Waals surface area contributed by atoms with Crippen molar-refractivity contribution in [1.82, 2.24) is 19.8 Å². The van der Waals surface area contributed by atoms with Crippen LogP contribution in [0.15, 0.2) is 24.5 Å². The molecular formula is C20H22N4O4. The highest BCUT2D eigenvalue weighted by molar-refractivity contribution is 6.06. The van der Waals surface area contributed by atoms with Gasteiger partial charge in [-0.25, -0.2) is 4.98 Å². The van der Waals surface area contributed by atoms with Gasteiger partial charge in [-0.05, 0) is 37.5 Å². The van der Waals surface area contributed by atoms with Crippen LogP contribution in [0.25, 0.3) is 5.69 Å². The number of benzene rings is 1. The van der Waals surface area contributed by atoms with Crippen LogP contribution in [0, 0.1) is 5.92 Å². The van der Waals surface area contributed by atoms with Gasteiger partial charge in [0.25, 0.3) is 11.8 Å². The molecule has 1 aromatic carbocycles. The molecule has 1 aromatic heterocycles. The zero-order valence-electron chi connectivity index (χ0n) is 15.9. The first kappa shape index (κ1) is 18.2. The van der Waals surface area contributed by atoms with Gasteiger partial charge in [-0.1, -0.05) is 6.92 Å². The number of nitrogens with zero attached hydrogens (tertiary/aromatic N) is 3. The molecule has 146 valence electrons. The molecule has 2 heterocycles. The van der Waals surface area contributed by atoms with E-state index in [1.165, 1.54) is 6.33 Å². The van der Waals surface area contributed by atoms with Gasteiger partial charge in [0.2, 0.25) is 5.91 Å². The molecule has 28 heavy (non-hydrogen) atoms. The summed E-state index contributed by atoms with van der Waals surface area (Å²) in [6.45, 7) is 2.77. The Morgan fingerprint density at radius 2 is 2.11 bits per heavy atom. The van der Waals surface area contributed by atoms with Gasteiger partial charge in [-0.15, -0.1) is 0 Å². The lowest BCUT2D eigenvalue weighted by atomic mass is 10.1. The van der Waals surface area contributed by atoms with Gasteiger partial charge in [0.05, 0.1) is 30.6 Å². The number of nitrogens with one attached hydrogen (secondary N) is 1. The molecule has 4 rings (SSSR count). The van der Waals surface area contributed by atoms with Gasteiger partial charge in [-0.2, -0.15) is 0 Å². The largest absolute Gasteiger partial charge is 0.497 e. The highest BCUT2D eigenvalue weighted by Crippen LogP contribution is 2.30. The van der Waals surface area contributed by atoms with Crippen LogP contribution in [-0.4, -0.2) is 45.8 Å². The van der Waals surface area contributed by atoms with Crippen molar-refractivity contribution in [2.75, 3.05) is 13.7 Å². The molecule has 0 atom stereocenters. The highest BCUT2D eigenvalue weighted by atomic mass is 16.5. The average molecular weight is 382 g/mol. The molecule has 2 aromatic rings. The molecule has 0 bridgehead atoms. The second kappa shape index (κ2) is 7.10. The summed E-state index contributed by atoms with van der Waals surface area (Å²) in [7, 11) is 1.55. The summed E-state index contributed by atoms with van der Waals surface area (Å²) in [5, 5.41) is 2.44. The minimum Gasteiger partial charge on any atom is -0.497 e. The van der Waals surface area contributed by atoms with Crippen LogP contribution < -0.4 is 10.1 Å². The van der Waals surface area contributed by atoms with E-state index in [9.17, 15) is 14.4 Å². The maximum absolute atomic E-state index is 13.1. The van der Waals surface area contributed by atoms with Gasteiger partial charge < -0.3 is 9.64 Å². The Morgan fingerprint density at radius 1 is 1.32 bits per heavy atom. The van der Waals surface area contributed by atoms with Crippen LogP contribution in [0.4, 0.5) is 0 Å². The van der Waals surface area contributed by atoms with E-state index in [1.807, 2.05) is 6.92 Å². The molecule has 0 radical (unpaired) electrons. The van der Waals surface area contributed by atoms with Crippen LogP contribution in [0.1, 0.15) is 52.7 Å². The van der Waals surface area contributed by atoms with E-state index in [0.29, 0.717) is 29.2 Å². The lowest BCUT2D eigenvalue weighted by Crippen LogP contribution is -2.34. The van der Waals surface area contributed by atoms with Gasteiger partial charge in [-0.3, -0.25) is 24.3 Å². The number of hydrogen-bond acceptors (Lipinski definition) is 5. The average Bonchev–Trinajstić information content (AvgIpc) is 3.48. The minimum absolute atomic E-state index is 0.0727. The summed E-state index contributed by atoms with van der Waals surface area (Å²) in [5.41, 5.74) is 1.89. The number of aromatic nitrogens is 2. The number of ether oxygens (including phenoxy) is 1. The number of amides is 3. The van der Waals surface area contributed by atoms with E-state index < -0.39 is 5.91 Å². The molecule has 2 aliphatic rings. The molecule has 0 saturated heterocycles. The second-order valence-corrected chi connectivity index (χ2v) is 7.11. The van der Waals surface area contributed by atoms with E-state index in [4.69, 9.17) is 4.74 Å². The van der Waals surface area contributed by atoms with Crippen molar-refractivity contribution in [1.29, 1.82) is 0 Å². The summed E-state index contributed by atoms with van der Waals surface area (Å²) >= 11 is 0. The van der Waals surface area contributed by atoms with Crippen molar-refractivity contribution >= 4 is 17.7 Å². The number of hydrogen-bond donors (Lipinski definition) is 1. The lowest BCUT2D eigenvalue weighted by Gasteiger charge is -2.20. The number of methoxy groups -OCH3 is 1. The molecule has 0 spiro atoms. The standard InChI is InChI=1S/C20H22N4O4/c1-3-8-23-10-16-17(19(26)22-18(25)12-4-5-12)21-11-24(16)15-7-6-13(28-2)9-14(15)20(23)27/h6-7,9,11-12H,3-5,8,10H2,1-2H3,(H,22,25,26). The molecular weight excluding hydrogens is 360 g/mol. The van der Waals surface area contributed by atoms with Crippen LogP contribution in [0.2, 0.25) is 0 Å². The van der Waals surface area contributed by atoms with Crippen molar-refractivity contribution < 1.29 is 19.1 Å². The fourth-order valence-corrected chi connectivity index (χ4v) is 3.44. The summed E-state index contributed by atoms with van der Waals surface area (Å²) < 4.78 is 7.02. The Morgan fingerprint density at radius 3 is 2.79 bits per heavy atom. The third kappa shape index (κ3) is 3.15. The second-order valence-electron chi connectivity index (χ2n) is 7.11. The molecule has 8 nitrogen and oxygen atoms in total. The highest BCUT2D eigenvalue weighted by Gasteiger charge is 2.34. The third-order valence-corrected chi connectivity index (χ3v) is 5.08. The van der Waals surface area contributed by atoms with Crippen molar-refractivity contribution in [3.8, 4) is 11.4 Å². The van der Waals surface area contributed by atoms with E-state index >= 15 is 0 Å². The Hall–Kier alpha value is -3.16. The van der Waals surface area contributed by atoms with Crippen molar-refractivity contribution in [2.45, 2.75) is 32.7 Å². The predicted molar refractivity (Wildman–Crippen MR) is 100 cm³/mol. The van der Waals surface area contributed by atoms with Gasteiger partial charge in [0.1, 0.15) is 12.1 Å². The number of fused-ring (bicyclic) bond motifs is 3.